The number of hydrogen-bond acceptors (Lipinski definition) is 4. The SMILES string of the molecule is C=C(C)C(=O)OCON. The van der Waals surface area contributed by atoms with Gasteiger partial charge in [-0.3, -0.25) is 4.84 Å². The molecule has 0 aromatic rings. The minimum atomic E-state index is -0.500. The second kappa shape index (κ2) is 4.05. The van der Waals surface area contributed by atoms with E-state index in [-0.39, 0.29) is 6.79 Å². The monoisotopic (exact) mass is 131 g/mol. The van der Waals surface area contributed by atoms with Crippen molar-refractivity contribution in [3.8, 4) is 0 Å². The van der Waals surface area contributed by atoms with E-state index in [4.69, 9.17) is 0 Å². The van der Waals surface area contributed by atoms with Crippen LogP contribution in [0.15, 0.2) is 12.2 Å². The van der Waals surface area contributed by atoms with E-state index in [1.165, 1.54) is 0 Å². The quantitative estimate of drug-likeness (QED) is 0.252. The second-order valence-electron chi connectivity index (χ2n) is 1.50. The lowest BCUT2D eigenvalue weighted by atomic mass is 10.4. The Hall–Kier alpha value is -0.870. The van der Waals surface area contributed by atoms with Gasteiger partial charge in [-0.15, -0.1) is 0 Å². The molecule has 0 saturated heterocycles. The van der Waals surface area contributed by atoms with Gasteiger partial charge >= 0.3 is 5.97 Å². The average Bonchev–Trinajstić information content (AvgIpc) is 1.82. The lowest BCUT2D eigenvalue weighted by Crippen LogP contribution is -2.11. The lowest BCUT2D eigenvalue weighted by molar-refractivity contribution is -0.151. The van der Waals surface area contributed by atoms with Crippen molar-refractivity contribution < 1.29 is 14.4 Å². The normalized spacial score (nSPS) is 8.67. The molecule has 4 heteroatoms. The fourth-order valence-corrected chi connectivity index (χ4v) is 0.211. The van der Waals surface area contributed by atoms with Crippen molar-refractivity contribution in [3.63, 3.8) is 0 Å². The maximum atomic E-state index is 10.4. The second-order valence-corrected chi connectivity index (χ2v) is 1.50. The largest absolute Gasteiger partial charge is 0.433 e. The molecule has 0 aliphatic rings. The Balaban J connectivity index is 3.39. The van der Waals surface area contributed by atoms with E-state index in [1.807, 2.05) is 0 Å². The van der Waals surface area contributed by atoms with Crippen LogP contribution in [0, 0.1) is 0 Å². The molecule has 0 fully saturated rings. The lowest BCUT2D eigenvalue weighted by Gasteiger charge is -1.99. The van der Waals surface area contributed by atoms with Gasteiger partial charge in [-0.25, -0.2) is 10.7 Å². The molecule has 0 aromatic carbocycles. The highest BCUT2D eigenvalue weighted by atomic mass is 16.7. The highest BCUT2D eigenvalue weighted by molar-refractivity contribution is 5.86. The van der Waals surface area contributed by atoms with E-state index in [2.05, 4.69) is 22.1 Å². The van der Waals surface area contributed by atoms with Crippen molar-refractivity contribution in [2.45, 2.75) is 6.92 Å². The zero-order valence-corrected chi connectivity index (χ0v) is 5.22. The molecular formula is C5H9NO3. The summed E-state index contributed by atoms with van der Waals surface area (Å²) >= 11 is 0. The van der Waals surface area contributed by atoms with Crippen molar-refractivity contribution >= 4 is 5.97 Å². The zero-order chi connectivity index (χ0) is 7.28. The van der Waals surface area contributed by atoms with Gasteiger partial charge in [0.15, 0.2) is 0 Å². The summed E-state index contributed by atoms with van der Waals surface area (Å²) in [5, 5.41) is 0. The third-order valence-electron chi connectivity index (χ3n) is 0.607. The number of ether oxygens (including phenoxy) is 1. The van der Waals surface area contributed by atoms with Gasteiger partial charge in [0.25, 0.3) is 0 Å². The molecule has 2 N–H and O–H groups in total. The molecule has 0 spiro atoms. The molecule has 9 heavy (non-hydrogen) atoms. The molecule has 0 atom stereocenters. The molecule has 0 bridgehead atoms. The molecule has 0 amide bonds. The molecule has 0 aromatic heterocycles. The van der Waals surface area contributed by atoms with E-state index < -0.39 is 5.97 Å². The number of hydrogen-bond donors (Lipinski definition) is 1. The topological polar surface area (TPSA) is 61.5 Å². The molecular weight excluding hydrogens is 122 g/mol. The Bertz CT molecular complexity index is 121. The van der Waals surface area contributed by atoms with E-state index >= 15 is 0 Å². The molecule has 0 saturated carbocycles. The summed E-state index contributed by atoms with van der Waals surface area (Å²) in [5.41, 5.74) is 0.326. The summed E-state index contributed by atoms with van der Waals surface area (Å²) in [4.78, 5) is 14.4. The fraction of sp³-hybridized carbons (Fsp3) is 0.400. The Kier molecular flexibility index (Phi) is 3.66. The summed E-state index contributed by atoms with van der Waals surface area (Å²) in [5.74, 6) is 4.07. The summed E-state index contributed by atoms with van der Waals surface area (Å²) in [6.07, 6.45) is 0. The highest BCUT2D eigenvalue weighted by Crippen LogP contribution is 1.89. The standard InChI is InChI=1S/C5H9NO3/c1-4(2)5(7)8-3-9-6/h1,3,6H2,2H3. The van der Waals surface area contributed by atoms with Gasteiger partial charge in [0, 0.05) is 5.57 Å². The van der Waals surface area contributed by atoms with Gasteiger partial charge < -0.3 is 4.74 Å². The first-order valence-electron chi connectivity index (χ1n) is 2.32. The smallest absolute Gasteiger partial charge is 0.335 e. The first-order chi connectivity index (χ1) is 4.18. The predicted octanol–water partition coefficient (Wildman–Crippen LogP) is -0.0465. The van der Waals surface area contributed by atoms with Crippen molar-refractivity contribution in [1.29, 1.82) is 0 Å². The Morgan fingerprint density at radius 1 is 1.78 bits per heavy atom. The molecule has 0 unspecified atom stereocenters. The Morgan fingerprint density at radius 2 is 2.33 bits per heavy atom. The van der Waals surface area contributed by atoms with Gasteiger partial charge in [0.05, 0.1) is 0 Å². The Morgan fingerprint density at radius 3 is 2.67 bits per heavy atom. The summed E-state index contributed by atoms with van der Waals surface area (Å²) < 4.78 is 4.37. The van der Waals surface area contributed by atoms with Crippen LogP contribution in [0.25, 0.3) is 0 Å². The number of esters is 1. The molecule has 4 nitrogen and oxygen atoms in total. The van der Waals surface area contributed by atoms with Crippen LogP contribution in [0.3, 0.4) is 0 Å². The van der Waals surface area contributed by atoms with Gasteiger partial charge in [-0.05, 0) is 6.92 Å². The number of carbonyl (C=O) groups excluding carboxylic acids is 1. The molecule has 0 aliphatic carbocycles. The predicted molar refractivity (Wildman–Crippen MR) is 31.0 cm³/mol. The Labute approximate surface area is 53.2 Å². The van der Waals surface area contributed by atoms with E-state index in [0.717, 1.165) is 0 Å². The first kappa shape index (κ1) is 8.13. The summed E-state index contributed by atoms with van der Waals surface area (Å²) in [6.45, 7) is 4.65. The first-order valence-corrected chi connectivity index (χ1v) is 2.32. The maximum Gasteiger partial charge on any atom is 0.335 e. The van der Waals surface area contributed by atoms with Crippen LogP contribution < -0.4 is 5.90 Å². The molecule has 0 rings (SSSR count). The summed E-state index contributed by atoms with van der Waals surface area (Å²) in [7, 11) is 0. The molecule has 0 heterocycles. The van der Waals surface area contributed by atoms with Gasteiger partial charge in [0.2, 0.25) is 6.79 Å². The van der Waals surface area contributed by atoms with Crippen LogP contribution in [-0.2, 0) is 14.4 Å². The number of nitrogens with two attached hydrogens (primary N) is 1. The highest BCUT2D eigenvalue weighted by Gasteiger charge is 2.00. The van der Waals surface area contributed by atoms with Crippen LogP contribution in [0.1, 0.15) is 6.92 Å². The van der Waals surface area contributed by atoms with Crippen molar-refractivity contribution in [2.75, 3.05) is 6.79 Å². The molecule has 52 valence electrons. The molecule has 0 radical (unpaired) electrons. The van der Waals surface area contributed by atoms with Crippen LogP contribution in [0.4, 0.5) is 0 Å². The van der Waals surface area contributed by atoms with E-state index in [9.17, 15) is 4.79 Å². The van der Waals surface area contributed by atoms with Crippen LogP contribution >= 0.6 is 0 Å². The number of carbonyl (C=O) groups is 1. The summed E-state index contributed by atoms with van der Waals surface area (Å²) in [6, 6.07) is 0. The van der Waals surface area contributed by atoms with Crippen molar-refractivity contribution in [1.82, 2.24) is 0 Å². The fourth-order valence-electron chi connectivity index (χ4n) is 0.211. The van der Waals surface area contributed by atoms with Crippen molar-refractivity contribution in [2.24, 2.45) is 5.90 Å². The minimum Gasteiger partial charge on any atom is -0.433 e. The van der Waals surface area contributed by atoms with Gasteiger partial charge in [0.1, 0.15) is 0 Å². The minimum absolute atomic E-state index is 0.230. The molecule has 0 aliphatic heterocycles. The van der Waals surface area contributed by atoms with Crippen LogP contribution in [0.2, 0.25) is 0 Å². The maximum absolute atomic E-state index is 10.4. The average molecular weight is 131 g/mol. The van der Waals surface area contributed by atoms with E-state index in [0.29, 0.717) is 5.57 Å². The zero-order valence-electron chi connectivity index (χ0n) is 5.22. The third kappa shape index (κ3) is 3.69. The van der Waals surface area contributed by atoms with Crippen molar-refractivity contribution in [3.05, 3.63) is 12.2 Å². The van der Waals surface area contributed by atoms with Gasteiger partial charge in [-0.2, -0.15) is 0 Å². The van der Waals surface area contributed by atoms with Crippen LogP contribution in [0.5, 0.6) is 0 Å². The third-order valence-corrected chi connectivity index (χ3v) is 0.607. The van der Waals surface area contributed by atoms with Gasteiger partial charge in [-0.1, -0.05) is 6.58 Å². The van der Waals surface area contributed by atoms with Crippen LogP contribution in [-0.4, -0.2) is 12.8 Å². The van der Waals surface area contributed by atoms with E-state index in [1.54, 1.807) is 6.92 Å². The number of rotatable bonds is 3.